The maximum atomic E-state index is 12.5. The van der Waals surface area contributed by atoms with E-state index in [9.17, 15) is 9.59 Å². The molecule has 1 aromatic carbocycles. The number of carbonyl (C=O) groups excluding carboxylic acids is 2. The van der Waals surface area contributed by atoms with Crippen molar-refractivity contribution in [1.29, 1.82) is 0 Å². The molecule has 0 aliphatic carbocycles. The number of anilines is 1. The van der Waals surface area contributed by atoms with Gasteiger partial charge in [-0.1, -0.05) is 36.4 Å². The first kappa shape index (κ1) is 19.0. The minimum Gasteiger partial charge on any atom is -0.355 e. The average Bonchev–Trinajstić information content (AvgIpc) is 2.69. The van der Waals surface area contributed by atoms with Crippen LogP contribution in [-0.4, -0.2) is 41.3 Å². The summed E-state index contributed by atoms with van der Waals surface area (Å²) in [6.07, 6.45) is 3.78. The molecule has 2 heterocycles. The highest BCUT2D eigenvalue weighted by atomic mass is 16.2. The Morgan fingerprint density at radius 3 is 2.70 bits per heavy atom. The van der Waals surface area contributed by atoms with Crippen molar-refractivity contribution in [3.05, 3.63) is 60.3 Å². The van der Waals surface area contributed by atoms with Gasteiger partial charge < -0.3 is 10.6 Å². The summed E-state index contributed by atoms with van der Waals surface area (Å²) in [5.41, 5.74) is 1.27. The molecule has 1 aliphatic heterocycles. The fraction of sp³-hybridized carbons (Fsp3) is 0.381. The molecule has 3 rings (SSSR count). The van der Waals surface area contributed by atoms with E-state index >= 15 is 0 Å². The van der Waals surface area contributed by atoms with Crippen LogP contribution in [0.4, 0.5) is 5.82 Å². The molecule has 1 fully saturated rings. The first-order valence-corrected chi connectivity index (χ1v) is 9.45. The van der Waals surface area contributed by atoms with Crippen molar-refractivity contribution in [3.63, 3.8) is 0 Å². The number of hydrogen-bond acceptors (Lipinski definition) is 4. The van der Waals surface area contributed by atoms with Crippen LogP contribution in [0.3, 0.4) is 0 Å². The molecule has 1 atom stereocenters. The third-order valence-corrected chi connectivity index (χ3v) is 4.71. The summed E-state index contributed by atoms with van der Waals surface area (Å²) in [6, 6.07) is 15.7. The molecule has 1 aromatic heterocycles. The molecule has 142 valence electrons. The van der Waals surface area contributed by atoms with Crippen molar-refractivity contribution in [1.82, 2.24) is 15.2 Å². The summed E-state index contributed by atoms with van der Waals surface area (Å²) in [7, 11) is 0. The standard InChI is InChI=1S/C21H26N4O2/c26-20(24-19-10-4-5-12-22-19)11-13-23-21(27)18-9-6-14-25(16-18)15-17-7-2-1-3-8-17/h1-5,7-8,10,12,18H,6,9,11,13-16H2,(H,23,27)(H,22,24,26)/t18-/m0/s1. The Kier molecular flexibility index (Phi) is 6.93. The van der Waals surface area contributed by atoms with Crippen LogP contribution in [0.5, 0.6) is 0 Å². The van der Waals surface area contributed by atoms with Gasteiger partial charge in [0.1, 0.15) is 5.82 Å². The summed E-state index contributed by atoms with van der Waals surface area (Å²) in [4.78, 5) is 30.8. The van der Waals surface area contributed by atoms with E-state index < -0.39 is 0 Å². The quantitative estimate of drug-likeness (QED) is 0.789. The Balaban J connectivity index is 1.39. The van der Waals surface area contributed by atoms with E-state index in [1.165, 1.54) is 5.56 Å². The van der Waals surface area contributed by atoms with Gasteiger partial charge in [0.25, 0.3) is 0 Å². The highest BCUT2D eigenvalue weighted by Gasteiger charge is 2.25. The summed E-state index contributed by atoms with van der Waals surface area (Å²) in [5.74, 6) is 0.403. The molecule has 6 nitrogen and oxygen atoms in total. The Morgan fingerprint density at radius 1 is 1.11 bits per heavy atom. The Bertz CT molecular complexity index is 736. The van der Waals surface area contributed by atoms with Gasteiger partial charge in [-0.3, -0.25) is 14.5 Å². The average molecular weight is 366 g/mol. The zero-order valence-electron chi connectivity index (χ0n) is 15.4. The number of likely N-dealkylation sites (tertiary alicyclic amines) is 1. The molecule has 0 unspecified atom stereocenters. The van der Waals surface area contributed by atoms with Crippen LogP contribution in [0, 0.1) is 5.92 Å². The fourth-order valence-corrected chi connectivity index (χ4v) is 3.34. The van der Waals surface area contributed by atoms with Crippen LogP contribution in [0.1, 0.15) is 24.8 Å². The molecule has 27 heavy (non-hydrogen) atoms. The number of piperidine rings is 1. The molecule has 0 radical (unpaired) electrons. The summed E-state index contributed by atoms with van der Waals surface area (Å²) >= 11 is 0. The zero-order valence-corrected chi connectivity index (χ0v) is 15.4. The predicted molar refractivity (Wildman–Crippen MR) is 105 cm³/mol. The molecule has 2 aromatic rings. The molecule has 2 N–H and O–H groups in total. The number of hydrogen-bond donors (Lipinski definition) is 2. The maximum absolute atomic E-state index is 12.5. The highest BCUT2D eigenvalue weighted by molar-refractivity contribution is 5.90. The third-order valence-electron chi connectivity index (χ3n) is 4.71. The summed E-state index contributed by atoms with van der Waals surface area (Å²) in [6.45, 7) is 3.00. The number of pyridine rings is 1. The van der Waals surface area contributed by atoms with E-state index in [2.05, 4.69) is 32.7 Å². The van der Waals surface area contributed by atoms with Crippen molar-refractivity contribution in [2.45, 2.75) is 25.8 Å². The lowest BCUT2D eigenvalue weighted by Crippen LogP contribution is -2.43. The van der Waals surface area contributed by atoms with Crippen molar-refractivity contribution in [2.24, 2.45) is 5.92 Å². The monoisotopic (exact) mass is 366 g/mol. The Morgan fingerprint density at radius 2 is 1.93 bits per heavy atom. The van der Waals surface area contributed by atoms with Gasteiger partial charge in [0.15, 0.2) is 0 Å². The topological polar surface area (TPSA) is 74.3 Å². The van der Waals surface area contributed by atoms with Gasteiger partial charge in [-0.2, -0.15) is 0 Å². The van der Waals surface area contributed by atoms with Gasteiger partial charge >= 0.3 is 0 Å². The molecule has 0 spiro atoms. The number of carbonyl (C=O) groups is 2. The zero-order chi connectivity index (χ0) is 18.9. The van der Waals surface area contributed by atoms with E-state index in [1.807, 2.05) is 24.3 Å². The van der Waals surface area contributed by atoms with Crippen molar-refractivity contribution in [2.75, 3.05) is 25.0 Å². The van der Waals surface area contributed by atoms with Gasteiger partial charge in [0, 0.05) is 32.3 Å². The first-order chi connectivity index (χ1) is 13.2. The van der Waals surface area contributed by atoms with Crippen molar-refractivity contribution < 1.29 is 9.59 Å². The van der Waals surface area contributed by atoms with Crippen LogP contribution in [0.2, 0.25) is 0 Å². The predicted octanol–water partition coefficient (Wildman–Crippen LogP) is 2.44. The van der Waals surface area contributed by atoms with Crippen LogP contribution >= 0.6 is 0 Å². The second-order valence-corrected chi connectivity index (χ2v) is 6.86. The second-order valence-electron chi connectivity index (χ2n) is 6.86. The van der Waals surface area contributed by atoms with Gasteiger partial charge in [0.05, 0.1) is 5.92 Å². The van der Waals surface area contributed by atoms with Gasteiger partial charge in [-0.15, -0.1) is 0 Å². The third kappa shape index (κ3) is 6.18. The summed E-state index contributed by atoms with van der Waals surface area (Å²) in [5, 5.41) is 5.63. The van der Waals surface area contributed by atoms with Gasteiger partial charge in [-0.25, -0.2) is 4.98 Å². The molecule has 2 amide bonds. The van der Waals surface area contributed by atoms with Gasteiger partial charge in [0.2, 0.25) is 11.8 Å². The SMILES string of the molecule is O=C(CCNC(=O)[C@H]1CCCN(Cc2ccccc2)C1)Nc1ccccn1. The lowest BCUT2D eigenvalue weighted by atomic mass is 9.96. The van der Waals surface area contributed by atoms with Crippen LogP contribution in [0.15, 0.2) is 54.7 Å². The van der Waals surface area contributed by atoms with Gasteiger partial charge in [-0.05, 0) is 37.1 Å². The number of benzene rings is 1. The van der Waals surface area contributed by atoms with E-state index in [1.54, 1.807) is 18.3 Å². The molecule has 0 saturated carbocycles. The smallest absolute Gasteiger partial charge is 0.227 e. The summed E-state index contributed by atoms with van der Waals surface area (Å²) < 4.78 is 0. The molecule has 1 aliphatic rings. The Hall–Kier alpha value is -2.73. The van der Waals surface area contributed by atoms with E-state index in [-0.39, 0.29) is 24.2 Å². The number of aromatic nitrogens is 1. The fourth-order valence-electron chi connectivity index (χ4n) is 3.34. The van der Waals surface area contributed by atoms with Crippen LogP contribution in [0.25, 0.3) is 0 Å². The van der Waals surface area contributed by atoms with Crippen molar-refractivity contribution in [3.8, 4) is 0 Å². The molecule has 0 bridgehead atoms. The molecular formula is C21H26N4O2. The van der Waals surface area contributed by atoms with Crippen LogP contribution < -0.4 is 10.6 Å². The first-order valence-electron chi connectivity index (χ1n) is 9.45. The lowest BCUT2D eigenvalue weighted by molar-refractivity contribution is -0.126. The number of amides is 2. The normalized spacial score (nSPS) is 17.3. The Labute approximate surface area is 160 Å². The largest absolute Gasteiger partial charge is 0.355 e. The highest BCUT2D eigenvalue weighted by Crippen LogP contribution is 2.18. The van der Waals surface area contributed by atoms with E-state index in [4.69, 9.17) is 0 Å². The minimum absolute atomic E-state index is 0.0127. The molecular weight excluding hydrogens is 340 g/mol. The molecule has 1 saturated heterocycles. The lowest BCUT2D eigenvalue weighted by Gasteiger charge is -2.32. The maximum Gasteiger partial charge on any atom is 0.227 e. The molecule has 6 heteroatoms. The number of nitrogens with one attached hydrogen (secondary N) is 2. The van der Waals surface area contributed by atoms with E-state index in [0.29, 0.717) is 12.4 Å². The number of nitrogens with zero attached hydrogens (tertiary/aromatic N) is 2. The van der Waals surface area contributed by atoms with E-state index in [0.717, 1.165) is 32.5 Å². The van der Waals surface area contributed by atoms with Crippen molar-refractivity contribution >= 4 is 17.6 Å². The minimum atomic E-state index is -0.150. The number of rotatable bonds is 7. The van der Waals surface area contributed by atoms with Crippen LogP contribution in [-0.2, 0) is 16.1 Å². The second kappa shape index (κ2) is 9.83.